The molecule has 13 heavy (non-hydrogen) atoms. The fraction of sp³-hybridized carbons (Fsp3) is 0.778. The Hall–Kier alpha value is -1.06. The third-order valence-corrected chi connectivity index (χ3v) is 2.54. The van der Waals surface area contributed by atoms with Crippen LogP contribution in [0.25, 0.3) is 0 Å². The van der Waals surface area contributed by atoms with Crippen LogP contribution in [0.15, 0.2) is 0 Å². The number of carbonyl (C=O) groups excluding carboxylic acids is 2. The summed E-state index contributed by atoms with van der Waals surface area (Å²) in [5.74, 6) is -0.409. The smallest absolute Gasteiger partial charge is 0.237 e. The lowest BCUT2D eigenvalue weighted by Gasteiger charge is -2.30. The lowest BCUT2D eigenvalue weighted by molar-refractivity contribution is -0.136. The van der Waals surface area contributed by atoms with Gasteiger partial charge in [0.15, 0.2) is 0 Å². The van der Waals surface area contributed by atoms with E-state index < -0.39 is 5.91 Å². The van der Waals surface area contributed by atoms with Crippen molar-refractivity contribution in [2.24, 2.45) is 11.7 Å². The lowest BCUT2D eigenvalue weighted by atomic mass is 9.97. The molecule has 2 amide bonds. The molecule has 4 heteroatoms. The summed E-state index contributed by atoms with van der Waals surface area (Å²) < 4.78 is 0. The van der Waals surface area contributed by atoms with Crippen molar-refractivity contribution in [1.82, 2.24) is 4.90 Å². The maximum atomic E-state index is 11.6. The van der Waals surface area contributed by atoms with E-state index in [2.05, 4.69) is 0 Å². The van der Waals surface area contributed by atoms with Gasteiger partial charge in [-0.25, -0.2) is 0 Å². The molecular weight excluding hydrogens is 168 g/mol. The van der Waals surface area contributed by atoms with E-state index in [0.29, 0.717) is 0 Å². The Morgan fingerprint density at radius 2 is 2.23 bits per heavy atom. The van der Waals surface area contributed by atoms with E-state index in [9.17, 15) is 9.59 Å². The van der Waals surface area contributed by atoms with Crippen LogP contribution in [0.4, 0.5) is 0 Å². The first-order valence-electron chi connectivity index (χ1n) is 4.44. The molecule has 74 valence electrons. The lowest BCUT2D eigenvalue weighted by Crippen LogP contribution is -2.45. The summed E-state index contributed by atoms with van der Waals surface area (Å²) in [4.78, 5) is 23.9. The highest BCUT2D eigenvalue weighted by atomic mass is 16.2. The molecule has 0 aromatic rings. The number of amides is 2. The second-order valence-electron chi connectivity index (χ2n) is 4.31. The molecule has 0 bridgehead atoms. The van der Waals surface area contributed by atoms with E-state index in [1.165, 1.54) is 0 Å². The van der Waals surface area contributed by atoms with Crippen molar-refractivity contribution in [3.05, 3.63) is 0 Å². The first-order chi connectivity index (χ1) is 5.84. The number of nitrogens with two attached hydrogens (primary N) is 1. The van der Waals surface area contributed by atoms with Crippen molar-refractivity contribution >= 4 is 11.8 Å². The average molecular weight is 184 g/mol. The predicted molar refractivity (Wildman–Crippen MR) is 48.8 cm³/mol. The molecule has 1 heterocycles. The molecular formula is C9H16N2O2. The molecule has 0 spiro atoms. The van der Waals surface area contributed by atoms with Gasteiger partial charge in [-0.1, -0.05) is 6.92 Å². The van der Waals surface area contributed by atoms with Gasteiger partial charge in [0, 0.05) is 11.5 Å². The van der Waals surface area contributed by atoms with E-state index in [1.54, 1.807) is 4.90 Å². The second-order valence-corrected chi connectivity index (χ2v) is 4.31. The number of carbonyl (C=O) groups is 2. The van der Waals surface area contributed by atoms with Crippen LogP contribution < -0.4 is 5.73 Å². The van der Waals surface area contributed by atoms with Gasteiger partial charge in [-0.3, -0.25) is 9.59 Å². The minimum atomic E-state index is -0.449. The minimum Gasteiger partial charge on any atom is -0.368 e. The normalized spacial score (nSPS) is 26.5. The number of hydrogen-bond donors (Lipinski definition) is 1. The van der Waals surface area contributed by atoms with Gasteiger partial charge < -0.3 is 10.6 Å². The molecule has 0 aromatic carbocycles. The zero-order chi connectivity index (χ0) is 10.2. The molecule has 0 saturated carbocycles. The van der Waals surface area contributed by atoms with E-state index >= 15 is 0 Å². The van der Waals surface area contributed by atoms with Crippen LogP contribution in [-0.2, 0) is 9.59 Å². The summed E-state index contributed by atoms with van der Waals surface area (Å²) in [6.07, 6.45) is 0.791. The van der Waals surface area contributed by atoms with Crippen molar-refractivity contribution in [3.8, 4) is 0 Å². The Morgan fingerprint density at radius 3 is 2.54 bits per heavy atom. The van der Waals surface area contributed by atoms with E-state index in [0.717, 1.165) is 6.42 Å². The first kappa shape index (κ1) is 10.0. The van der Waals surface area contributed by atoms with E-state index in [4.69, 9.17) is 5.73 Å². The Morgan fingerprint density at radius 1 is 1.69 bits per heavy atom. The van der Waals surface area contributed by atoms with E-state index in [1.807, 2.05) is 20.8 Å². The average Bonchev–Trinajstić information content (AvgIpc) is 2.12. The first-order valence-corrected chi connectivity index (χ1v) is 4.44. The van der Waals surface area contributed by atoms with Gasteiger partial charge in [-0.2, -0.15) is 0 Å². The molecule has 1 aliphatic heterocycles. The summed E-state index contributed by atoms with van der Waals surface area (Å²) in [5, 5.41) is 0. The Kier molecular flexibility index (Phi) is 2.32. The van der Waals surface area contributed by atoms with Crippen LogP contribution in [-0.4, -0.2) is 28.8 Å². The molecule has 0 radical (unpaired) electrons. The van der Waals surface area contributed by atoms with Crippen molar-refractivity contribution < 1.29 is 9.59 Å². The summed E-state index contributed by atoms with van der Waals surface area (Å²) in [5.41, 5.74) is 4.84. The van der Waals surface area contributed by atoms with Crippen LogP contribution in [0, 0.1) is 5.92 Å². The molecule has 1 aliphatic rings. The topological polar surface area (TPSA) is 63.4 Å². The van der Waals surface area contributed by atoms with Crippen molar-refractivity contribution in [2.75, 3.05) is 6.54 Å². The number of likely N-dealkylation sites (tertiary alicyclic amines) is 1. The Balaban J connectivity index is 2.81. The third kappa shape index (κ3) is 1.82. The Labute approximate surface area is 78.1 Å². The zero-order valence-corrected chi connectivity index (χ0v) is 8.33. The molecule has 0 aliphatic carbocycles. The van der Waals surface area contributed by atoms with Gasteiger partial charge in [0.05, 0.1) is 6.54 Å². The molecule has 1 fully saturated rings. The van der Waals surface area contributed by atoms with Crippen LogP contribution >= 0.6 is 0 Å². The monoisotopic (exact) mass is 184 g/mol. The Bertz CT molecular complexity index is 248. The standard InChI is InChI=1S/C9H16N2O2/c1-6-4-9(2,3)11(8(6)13)5-7(10)12/h6H,4-5H2,1-3H3,(H2,10,12). The van der Waals surface area contributed by atoms with Gasteiger partial charge in [0.2, 0.25) is 11.8 Å². The van der Waals surface area contributed by atoms with Gasteiger partial charge in [0.25, 0.3) is 0 Å². The van der Waals surface area contributed by atoms with Gasteiger partial charge in [0.1, 0.15) is 0 Å². The summed E-state index contributed by atoms with van der Waals surface area (Å²) in [6, 6.07) is 0. The van der Waals surface area contributed by atoms with Crippen LogP contribution in [0.2, 0.25) is 0 Å². The van der Waals surface area contributed by atoms with Crippen molar-refractivity contribution in [3.63, 3.8) is 0 Å². The number of rotatable bonds is 2. The highest BCUT2D eigenvalue weighted by molar-refractivity contribution is 5.87. The molecule has 0 aromatic heterocycles. The predicted octanol–water partition coefficient (Wildman–Crippen LogP) is 0.119. The molecule has 1 unspecified atom stereocenters. The molecule has 1 atom stereocenters. The van der Waals surface area contributed by atoms with Crippen LogP contribution in [0.5, 0.6) is 0 Å². The number of nitrogens with zero attached hydrogens (tertiary/aromatic N) is 1. The van der Waals surface area contributed by atoms with Crippen molar-refractivity contribution in [1.29, 1.82) is 0 Å². The maximum absolute atomic E-state index is 11.6. The molecule has 1 saturated heterocycles. The SMILES string of the molecule is CC1CC(C)(C)N(CC(N)=O)C1=O. The van der Waals surface area contributed by atoms with E-state index in [-0.39, 0.29) is 23.9 Å². The molecule has 1 rings (SSSR count). The number of primary amides is 1. The fourth-order valence-corrected chi connectivity index (χ4v) is 1.96. The third-order valence-electron chi connectivity index (χ3n) is 2.54. The molecule has 4 nitrogen and oxygen atoms in total. The van der Waals surface area contributed by atoms with Crippen LogP contribution in [0.3, 0.4) is 0 Å². The van der Waals surface area contributed by atoms with Crippen molar-refractivity contribution in [2.45, 2.75) is 32.7 Å². The quantitative estimate of drug-likeness (QED) is 0.662. The summed E-state index contributed by atoms with van der Waals surface area (Å²) in [6.45, 7) is 5.83. The van der Waals surface area contributed by atoms with Gasteiger partial charge in [-0.15, -0.1) is 0 Å². The van der Waals surface area contributed by atoms with Crippen LogP contribution in [0.1, 0.15) is 27.2 Å². The second kappa shape index (κ2) is 3.01. The number of hydrogen-bond acceptors (Lipinski definition) is 2. The maximum Gasteiger partial charge on any atom is 0.237 e. The highest BCUT2D eigenvalue weighted by Gasteiger charge is 2.42. The fourth-order valence-electron chi connectivity index (χ4n) is 1.96. The minimum absolute atomic E-state index is 0.00866. The summed E-state index contributed by atoms with van der Waals surface area (Å²) >= 11 is 0. The van der Waals surface area contributed by atoms with Gasteiger partial charge in [-0.05, 0) is 20.3 Å². The largest absolute Gasteiger partial charge is 0.368 e. The zero-order valence-electron chi connectivity index (χ0n) is 8.33. The van der Waals surface area contributed by atoms with Gasteiger partial charge >= 0.3 is 0 Å². The highest BCUT2D eigenvalue weighted by Crippen LogP contribution is 2.32. The summed E-state index contributed by atoms with van der Waals surface area (Å²) in [7, 11) is 0. The molecule has 2 N–H and O–H groups in total.